The Morgan fingerprint density at radius 3 is 2.40 bits per heavy atom. The highest BCUT2D eigenvalue weighted by atomic mass is 16.7. The van der Waals surface area contributed by atoms with Crippen LogP contribution in [-0.4, -0.2) is 20.0 Å². The van der Waals surface area contributed by atoms with Crippen molar-refractivity contribution in [2.45, 2.75) is 6.42 Å². The summed E-state index contributed by atoms with van der Waals surface area (Å²) in [6.07, 6.45) is 0.823. The van der Waals surface area contributed by atoms with Crippen molar-refractivity contribution in [2.24, 2.45) is 0 Å². The largest absolute Gasteiger partial charge is 0.493 e. The quantitative estimate of drug-likeness (QED) is 0.756. The molecule has 0 saturated heterocycles. The van der Waals surface area contributed by atoms with Crippen molar-refractivity contribution in [3.05, 3.63) is 48.5 Å². The fourth-order valence-electron chi connectivity index (χ4n) is 1.92. The molecule has 0 N–H and O–H groups in total. The molecule has 2 aromatic rings. The highest BCUT2D eigenvalue weighted by Gasteiger charge is 2.13. The van der Waals surface area contributed by atoms with Crippen LogP contribution >= 0.6 is 0 Å². The van der Waals surface area contributed by atoms with Gasteiger partial charge in [0.2, 0.25) is 6.79 Å². The van der Waals surface area contributed by atoms with Crippen molar-refractivity contribution in [1.82, 2.24) is 0 Å². The van der Waals surface area contributed by atoms with Crippen LogP contribution in [0.5, 0.6) is 23.0 Å². The smallest absolute Gasteiger partial charge is 0.231 e. The third-order valence-electron chi connectivity index (χ3n) is 2.91. The second kappa shape index (κ2) is 6.19. The van der Waals surface area contributed by atoms with Gasteiger partial charge in [0.15, 0.2) is 11.5 Å². The summed E-state index contributed by atoms with van der Waals surface area (Å²) in [5.74, 6) is 3.18. The molecule has 4 nitrogen and oxygen atoms in total. The zero-order chi connectivity index (χ0) is 13.6. The first-order valence-corrected chi connectivity index (χ1v) is 6.62. The molecule has 3 rings (SSSR count). The summed E-state index contributed by atoms with van der Waals surface area (Å²) in [6, 6.07) is 15.4. The van der Waals surface area contributed by atoms with Crippen LogP contribution in [0.15, 0.2) is 48.5 Å². The summed E-state index contributed by atoms with van der Waals surface area (Å²) in [4.78, 5) is 0. The van der Waals surface area contributed by atoms with Gasteiger partial charge < -0.3 is 18.9 Å². The zero-order valence-electron chi connectivity index (χ0n) is 11.1. The van der Waals surface area contributed by atoms with Gasteiger partial charge in [-0.15, -0.1) is 0 Å². The molecule has 2 aromatic carbocycles. The summed E-state index contributed by atoms with van der Waals surface area (Å²) >= 11 is 0. The summed E-state index contributed by atoms with van der Waals surface area (Å²) in [6.45, 7) is 1.52. The molecule has 0 unspecified atom stereocenters. The maximum Gasteiger partial charge on any atom is 0.231 e. The maximum atomic E-state index is 5.65. The van der Waals surface area contributed by atoms with Gasteiger partial charge in [-0.2, -0.15) is 0 Å². The lowest BCUT2D eigenvalue weighted by atomic mass is 10.3. The number of rotatable bonds is 6. The van der Waals surface area contributed by atoms with E-state index in [1.807, 2.05) is 48.5 Å². The molecule has 0 fully saturated rings. The normalized spacial score (nSPS) is 12.2. The Morgan fingerprint density at radius 1 is 0.800 bits per heavy atom. The number of fused-ring (bicyclic) bond motifs is 1. The van der Waals surface area contributed by atoms with Crippen molar-refractivity contribution >= 4 is 0 Å². The molecule has 0 radical (unpaired) electrons. The fourth-order valence-corrected chi connectivity index (χ4v) is 1.92. The molecule has 0 amide bonds. The Labute approximate surface area is 117 Å². The van der Waals surface area contributed by atoms with E-state index >= 15 is 0 Å². The van der Waals surface area contributed by atoms with Crippen LogP contribution in [-0.2, 0) is 0 Å². The van der Waals surface area contributed by atoms with Gasteiger partial charge >= 0.3 is 0 Å². The molecular weight excluding hydrogens is 256 g/mol. The van der Waals surface area contributed by atoms with Crippen molar-refractivity contribution in [3.8, 4) is 23.0 Å². The van der Waals surface area contributed by atoms with E-state index in [2.05, 4.69) is 0 Å². The molecule has 104 valence electrons. The molecule has 0 aliphatic carbocycles. The van der Waals surface area contributed by atoms with Crippen LogP contribution in [0.3, 0.4) is 0 Å². The third kappa shape index (κ3) is 3.15. The van der Waals surface area contributed by atoms with Gasteiger partial charge in [-0.25, -0.2) is 0 Å². The topological polar surface area (TPSA) is 36.9 Å². The van der Waals surface area contributed by atoms with Crippen molar-refractivity contribution in [3.63, 3.8) is 0 Å². The molecule has 1 heterocycles. The van der Waals surface area contributed by atoms with E-state index in [1.54, 1.807) is 0 Å². The number of hydrogen-bond donors (Lipinski definition) is 0. The molecule has 20 heavy (non-hydrogen) atoms. The molecular formula is C16H16O4. The fraction of sp³-hybridized carbons (Fsp3) is 0.250. The van der Waals surface area contributed by atoms with Crippen LogP contribution in [0, 0.1) is 0 Å². The van der Waals surface area contributed by atoms with Crippen LogP contribution < -0.4 is 18.9 Å². The molecule has 4 heteroatoms. The van der Waals surface area contributed by atoms with E-state index in [1.165, 1.54) is 0 Å². The van der Waals surface area contributed by atoms with Gasteiger partial charge in [0.05, 0.1) is 13.2 Å². The minimum absolute atomic E-state index is 0.281. The van der Waals surface area contributed by atoms with Crippen LogP contribution in [0.25, 0.3) is 0 Å². The Bertz CT molecular complexity index is 554. The first kappa shape index (κ1) is 12.7. The van der Waals surface area contributed by atoms with E-state index < -0.39 is 0 Å². The maximum absolute atomic E-state index is 5.65. The third-order valence-corrected chi connectivity index (χ3v) is 2.91. The van der Waals surface area contributed by atoms with Gasteiger partial charge in [0.1, 0.15) is 11.5 Å². The van der Waals surface area contributed by atoms with E-state index in [0.717, 1.165) is 29.4 Å². The summed E-state index contributed by atoms with van der Waals surface area (Å²) < 4.78 is 21.8. The zero-order valence-corrected chi connectivity index (χ0v) is 11.1. The lowest BCUT2D eigenvalue weighted by molar-refractivity contribution is 0.173. The molecule has 0 aromatic heterocycles. The Hall–Kier alpha value is -2.36. The molecule has 1 aliphatic rings. The van der Waals surface area contributed by atoms with Gasteiger partial charge in [-0.1, -0.05) is 18.2 Å². The first-order chi connectivity index (χ1) is 9.92. The predicted molar refractivity (Wildman–Crippen MR) is 74.6 cm³/mol. The highest BCUT2D eigenvalue weighted by molar-refractivity contribution is 5.46. The van der Waals surface area contributed by atoms with Crippen LogP contribution in [0.2, 0.25) is 0 Å². The number of hydrogen-bond acceptors (Lipinski definition) is 4. The minimum atomic E-state index is 0.281. The average Bonchev–Trinajstić information content (AvgIpc) is 2.95. The second-order valence-corrected chi connectivity index (χ2v) is 4.38. The van der Waals surface area contributed by atoms with Crippen LogP contribution in [0.1, 0.15) is 6.42 Å². The Kier molecular flexibility index (Phi) is 3.92. The van der Waals surface area contributed by atoms with Gasteiger partial charge in [0, 0.05) is 12.5 Å². The van der Waals surface area contributed by atoms with Gasteiger partial charge in [-0.3, -0.25) is 0 Å². The predicted octanol–water partition coefficient (Wildman–Crippen LogP) is 3.26. The number of ether oxygens (including phenoxy) is 4. The lowest BCUT2D eigenvalue weighted by Gasteiger charge is -2.08. The molecule has 0 spiro atoms. The van der Waals surface area contributed by atoms with E-state index in [4.69, 9.17) is 18.9 Å². The number of para-hydroxylation sites is 1. The van der Waals surface area contributed by atoms with Crippen LogP contribution in [0.4, 0.5) is 0 Å². The second-order valence-electron chi connectivity index (χ2n) is 4.38. The minimum Gasteiger partial charge on any atom is -0.493 e. The molecule has 0 atom stereocenters. The summed E-state index contributed by atoms with van der Waals surface area (Å²) in [5, 5.41) is 0. The van der Waals surface area contributed by atoms with Gasteiger partial charge in [-0.05, 0) is 24.3 Å². The van der Waals surface area contributed by atoms with Crippen molar-refractivity contribution < 1.29 is 18.9 Å². The van der Waals surface area contributed by atoms with E-state index in [9.17, 15) is 0 Å². The first-order valence-electron chi connectivity index (χ1n) is 6.62. The molecule has 0 saturated carbocycles. The monoisotopic (exact) mass is 272 g/mol. The van der Waals surface area contributed by atoms with Gasteiger partial charge in [0.25, 0.3) is 0 Å². The highest BCUT2D eigenvalue weighted by Crippen LogP contribution is 2.35. The average molecular weight is 272 g/mol. The SMILES string of the molecule is c1ccc(OCCCOc2ccc3c(c2)OCO3)cc1. The standard InChI is InChI=1S/C16H16O4/c1-2-5-13(6-3-1)17-9-4-10-18-14-7-8-15-16(11-14)20-12-19-15/h1-3,5-8,11H,4,9-10,12H2. The Balaban J connectivity index is 1.40. The molecule has 1 aliphatic heterocycles. The Morgan fingerprint density at radius 2 is 1.55 bits per heavy atom. The molecule has 0 bridgehead atoms. The van der Waals surface area contributed by atoms with Crippen molar-refractivity contribution in [1.29, 1.82) is 0 Å². The van der Waals surface area contributed by atoms with E-state index in [0.29, 0.717) is 13.2 Å². The summed E-state index contributed by atoms with van der Waals surface area (Å²) in [5.41, 5.74) is 0. The van der Waals surface area contributed by atoms with Crippen molar-refractivity contribution in [2.75, 3.05) is 20.0 Å². The lowest BCUT2D eigenvalue weighted by Crippen LogP contribution is -2.04. The number of benzene rings is 2. The summed E-state index contributed by atoms with van der Waals surface area (Å²) in [7, 11) is 0. The van der Waals surface area contributed by atoms with E-state index in [-0.39, 0.29) is 6.79 Å².